The molecule has 1 heterocycles. The first-order chi connectivity index (χ1) is 9.25. The lowest BCUT2D eigenvalue weighted by molar-refractivity contribution is 0.0916. The molecule has 19 heavy (non-hydrogen) atoms. The Morgan fingerprint density at radius 1 is 1.26 bits per heavy atom. The monoisotopic (exact) mass is 257 g/mol. The van der Waals surface area contributed by atoms with E-state index in [4.69, 9.17) is 0 Å². The van der Waals surface area contributed by atoms with Gasteiger partial charge in [-0.15, -0.1) is 0 Å². The summed E-state index contributed by atoms with van der Waals surface area (Å²) in [7, 11) is 0. The van der Waals surface area contributed by atoms with Crippen molar-refractivity contribution in [2.24, 2.45) is 0 Å². The maximum absolute atomic E-state index is 12.2. The molecule has 1 aromatic heterocycles. The molecule has 1 aliphatic rings. The summed E-state index contributed by atoms with van der Waals surface area (Å²) in [5.41, 5.74) is 0.564. The molecule has 98 valence electrons. The molecule has 1 fully saturated rings. The summed E-state index contributed by atoms with van der Waals surface area (Å²) in [5.74, 6) is -0.291. The molecule has 0 atom stereocenters. The van der Waals surface area contributed by atoms with E-state index in [2.05, 4.69) is 10.4 Å². The van der Waals surface area contributed by atoms with Crippen LogP contribution in [0.25, 0.3) is 5.69 Å². The molecule has 1 amide bonds. The lowest BCUT2D eigenvalue weighted by atomic mass is 9.93. The number of hydrogen-bond donors (Lipinski definition) is 2. The third kappa shape index (κ3) is 2.19. The van der Waals surface area contributed by atoms with Crippen molar-refractivity contribution in [2.75, 3.05) is 0 Å². The molecule has 0 spiro atoms. The minimum atomic E-state index is -0.317. The number of carbonyl (C=O) groups excluding carboxylic acids is 1. The lowest BCUT2D eigenvalue weighted by Gasteiger charge is -2.25. The predicted octanol–water partition coefficient (Wildman–Crippen LogP) is 1.45. The van der Waals surface area contributed by atoms with E-state index in [0.717, 1.165) is 24.9 Å². The highest BCUT2D eigenvalue weighted by Crippen LogP contribution is 2.18. The molecule has 0 unspecified atom stereocenters. The zero-order valence-corrected chi connectivity index (χ0v) is 10.4. The molecular formula is C14H15N3O2. The maximum Gasteiger partial charge on any atom is 0.284 e. The largest absolute Gasteiger partial charge is 0.349 e. The number of amides is 1. The van der Waals surface area contributed by atoms with Gasteiger partial charge in [-0.3, -0.25) is 14.7 Å². The van der Waals surface area contributed by atoms with Gasteiger partial charge in [0, 0.05) is 12.2 Å². The first-order valence-electron chi connectivity index (χ1n) is 6.42. The number of aromatic nitrogens is 2. The van der Waals surface area contributed by atoms with Crippen molar-refractivity contribution < 1.29 is 4.79 Å². The number of hydrogen-bond acceptors (Lipinski definition) is 2. The molecule has 0 saturated heterocycles. The summed E-state index contributed by atoms with van der Waals surface area (Å²) in [6, 6.07) is 9.42. The third-order valence-electron chi connectivity index (χ3n) is 3.47. The number of nitrogens with zero attached hydrogens (tertiary/aromatic N) is 1. The second-order valence-corrected chi connectivity index (χ2v) is 4.76. The van der Waals surface area contributed by atoms with Crippen LogP contribution in [0.3, 0.4) is 0 Å². The summed E-state index contributed by atoms with van der Waals surface area (Å²) in [6.45, 7) is 0. The SMILES string of the molecule is O=C(NC1CCC1)c1c[nH]n(-c2ccccc2)c1=O. The molecule has 0 bridgehead atoms. The minimum absolute atomic E-state index is 0.163. The number of nitrogens with one attached hydrogen (secondary N) is 2. The van der Waals surface area contributed by atoms with E-state index in [-0.39, 0.29) is 23.1 Å². The first kappa shape index (κ1) is 11.8. The lowest BCUT2D eigenvalue weighted by Crippen LogP contribution is -2.41. The Labute approximate surface area is 110 Å². The van der Waals surface area contributed by atoms with Crippen LogP contribution < -0.4 is 10.9 Å². The standard InChI is InChI=1S/C14H15N3O2/c18-13(16-10-5-4-6-10)12-9-15-17(14(12)19)11-7-2-1-3-8-11/h1-3,7-10,15H,4-6H2,(H,16,18). The number of para-hydroxylation sites is 1. The Morgan fingerprint density at radius 2 is 2.00 bits per heavy atom. The van der Waals surface area contributed by atoms with Gasteiger partial charge >= 0.3 is 0 Å². The fourth-order valence-corrected chi connectivity index (χ4v) is 2.12. The van der Waals surface area contributed by atoms with Gasteiger partial charge in [0.25, 0.3) is 11.5 Å². The van der Waals surface area contributed by atoms with Gasteiger partial charge in [-0.05, 0) is 31.4 Å². The zero-order chi connectivity index (χ0) is 13.2. The van der Waals surface area contributed by atoms with Crippen molar-refractivity contribution in [1.29, 1.82) is 0 Å². The molecule has 1 aliphatic carbocycles. The van der Waals surface area contributed by atoms with Gasteiger partial charge in [0.15, 0.2) is 0 Å². The normalized spacial score (nSPS) is 14.9. The molecule has 5 heteroatoms. The van der Waals surface area contributed by atoms with Crippen LogP contribution in [-0.2, 0) is 0 Å². The Hall–Kier alpha value is -2.30. The van der Waals surface area contributed by atoms with Crippen molar-refractivity contribution in [3.63, 3.8) is 0 Å². The van der Waals surface area contributed by atoms with Crippen LogP contribution in [0.5, 0.6) is 0 Å². The number of H-pyrrole nitrogens is 1. The second kappa shape index (κ2) is 4.76. The van der Waals surface area contributed by atoms with Gasteiger partial charge in [-0.2, -0.15) is 0 Å². The van der Waals surface area contributed by atoms with Gasteiger partial charge in [0.2, 0.25) is 0 Å². The summed E-state index contributed by atoms with van der Waals surface area (Å²) >= 11 is 0. The molecule has 0 aliphatic heterocycles. The Morgan fingerprint density at radius 3 is 2.63 bits per heavy atom. The van der Waals surface area contributed by atoms with E-state index in [1.165, 1.54) is 10.9 Å². The fraction of sp³-hybridized carbons (Fsp3) is 0.286. The smallest absolute Gasteiger partial charge is 0.284 e. The predicted molar refractivity (Wildman–Crippen MR) is 71.5 cm³/mol. The fourth-order valence-electron chi connectivity index (χ4n) is 2.12. The Kier molecular flexibility index (Phi) is 2.95. The number of benzene rings is 1. The minimum Gasteiger partial charge on any atom is -0.349 e. The van der Waals surface area contributed by atoms with Crippen LogP contribution in [0.2, 0.25) is 0 Å². The van der Waals surface area contributed by atoms with E-state index in [9.17, 15) is 9.59 Å². The topological polar surface area (TPSA) is 66.9 Å². The third-order valence-corrected chi connectivity index (χ3v) is 3.47. The van der Waals surface area contributed by atoms with E-state index in [0.29, 0.717) is 0 Å². The quantitative estimate of drug-likeness (QED) is 0.874. The van der Waals surface area contributed by atoms with Crippen molar-refractivity contribution in [3.8, 4) is 5.69 Å². The zero-order valence-electron chi connectivity index (χ0n) is 10.4. The van der Waals surface area contributed by atoms with Gasteiger partial charge in [0.05, 0.1) is 5.69 Å². The molecule has 1 aromatic carbocycles. The molecule has 2 aromatic rings. The highest BCUT2D eigenvalue weighted by molar-refractivity contribution is 5.93. The Balaban J connectivity index is 1.86. The Bertz CT molecular complexity index is 638. The van der Waals surface area contributed by atoms with E-state index < -0.39 is 0 Å². The summed E-state index contributed by atoms with van der Waals surface area (Å²) in [4.78, 5) is 24.1. The van der Waals surface area contributed by atoms with Crippen molar-refractivity contribution in [2.45, 2.75) is 25.3 Å². The van der Waals surface area contributed by atoms with Gasteiger partial charge in [-0.25, -0.2) is 4.68 Å². The molecule has 5 nitrogen and oxygen atoms in total. The maximum atomic E-state index is 12.2. The summed E-state index contributed by atoms with van der Waals surface area (Å²) in [5, 5.41) is 5.69. The summed E-state index contributed by atoms with van der Waals surface area (Å²) in [6.07, 6.45) is 4.61. The van der Waals surface area contributed by atoms with Crippen molar-refractivity contribution in [3.05, 3.63) is 52.4 Å². The summed E-state index contributed by atoms with van der Waals surface area (Å²) < 4.78 is 1.37. The van der Waals surface area contributed by atoms with Crippen LogP contribution in [0.15, 0.2) is 41.3 Å². The van der Waals surface area contributed by atoms with Crippen LogP contribution >= 0.6 is 0 Å². The van der Waals surface area contributed by atoms with Crippen LogP contribution in [0.4, 0.5) is 0 Å². The van der Waals surface area contributed by atoms with Gasteiger partial charge < -0.3 is 5.32 Å². The van der Waals surface area contributed by atoms with Crippen LogP contribution in [0, 0.1) is 0 Å². The molecule has 1 saturated carbocycles. The van der Waals surface area contributed by atoms with Crippen molar-refractivity contribution in [1.82, 2.24) is 15.1 Å². The number of carbonyl (C=O) groups is 1. The van der Waals surface area contributed by atoms with Crippen LogP contribution in [-0.4, -0.2) is 21.7 Å². The second-order valence-electron chi connectivity index (χ2n) is 4.76. The molecule has 0 radical (unpaired) electrons. The first-order valence-corrected chi connectivity index (χ1v) is 6.42. The number of aromatic amines is 1. The van der Waals surface area contributed by atoms with Gasteiger partial charge in [-0.1, -0.05) is 18.2 Å². The molecular weight excluding hydrogens is 242 g/mol. The highest BCUT2D eigenvalue weighted by Gasteiger charge is 2.22. The average Bonchev–Trinajstić information content (AvgIpc) is 2.77. The van der Waals surface area contributed by atoms with Crippen LogP contribution in [0.1, 0.15) is 29.6 Å². The average molecular weight is 257 g/mol. The van der Waals surface area contributed by atoms with Crippen molar-refractivity contribution >= 4 is 5.91 Å². The van der Waals surface area contributed by atoms with E-state index in [1.807, 2.05) is 30.3 Å². The number of rotatable bonds is 3. The van der Waals surface area contributed by atoms with E-state index >= 15 is 0 Å². The highest BCUT2D eigenvalue weighted by atomic mass is 16.2. The molecule has 2 N–H and O–H groups in total. The van der Waals surface area contributed by atoms with Gasteiger partial charge in [0.1, 0.15) is 5.56 Å². The van der Waals surface area contributed by atoms with E-state index in [1.54, 1.807) is 0 Å². The molecule has 3 rings (SSSR count).